The van der Waals surface area contributed by atoms with Crippen molar-refractivity contribution in [3.63, 3.8) is 0 Å². The van der Waals surface area contributed by atoms with E-state index in [1.807, 2.05) is 47.8 Å². The molecule has 0 aliphatic heterocycles. The third-order valence-corrected chi connectivity index (χ3v) is 4.07. The number of hydrogen-bond acceptors (Lipinski definition) is 2. The minimum absolute atomic E-state index is 0.910. The van der Waals surface area contributed by atoms with Crippen molar-refractivity contribution in [2.75, 3.05) is 0 Å². The normalized spacial score (nSPS) is 11.0. The third kappa shape index (κ3) is 2.30. The Kier molecular flexibility index (Phi) is 3.19. The molecular weight excluding hydrogens is 282 g/mol. The predicted molar refractivity (Wildman–Crippen MR) is 93.3 cm³/mol. The van der Waals surface area contributed by atoms with Crippen LogP contribution in [0.2, 0.25) is 0 Å². The summed E-state index contributed by atoms with van der Waals surface area (Å²) < 4.78 is 1.93. The molecule has 0 radical (unpaired) electrons. The van der Waals surface area contributed by atoms with E-state index in [1.54, 1.807) is 0 Å². The Bertz CT molecular complexity index is 970. The lowest BCUT2D eigenvalue weighted by Crippen LogP contribution is -1.98. The molecule has 0 saturated heterocycles. The molecule has 3 nitrogen and oxygen atoms in total. The van der Waals surface area contributed by atoms with E-state index in [0.29, 0.717) is 0 Å². The first-order valence-corrected chi connectivity index (χ1v) is 7.72. The highest BCUT2D eigenvalue weighted by atomic mass is 15.3. The molecule has 0 amide bonds. The van der Waals surface area contributed by atoms with Gasteiger partial charge in [0.2, 0.25) is 0 Å². The number of aryl methyl sites for hydroxylation is 2. The summed E-state index contributed by atoms with van der Waals surface area (Å²) in [5.41, 5.74) is 7.34. The first-order valence-electron chi connectivity index (χ1n) is 7.72. The highest BCUT2D eigenvalue weighted by Crippen LogP contribution is 2.29. The van der Waals surface area contributed by atoms with Gasteiger partial charge in [0.05, 0.1) is 11.4 Å². The zero-order valence-corrected chi connectivity index (χ0v) is 13.2. The molecule has 0 bridgehead atoms. The van der Waals surface area contributed by atoms with E-state index >= 15 is 0 Å². The van der Waals surface area contributed by atoms with Gasteiger partial charge < -0.3 is 0 Å². The fraction of sp³-hybridized carbons (Fsp3) is 0.100. The summed E-state index contributed by atoms with van der Waals surface area (Å²) in [6.45, 7) is 4.11. The van der Waals surface area contributed by atoms with E-state index < -0.39 is 0 Å². The molecule has 3 heteroatoms. The molecule has 0 atom stereocenters. The van der Waals surface area contributed by atoms with Gasteiger partial charge in [0.1, 0.15) is 0 Å². The van der Waals surface area contributed by atoms with Crippen LogP contribution in [-0.4, -0.2) is 14.6 Å². The average molecular weight is 299 g/mol. The number of fused-ring (bicyclic) bond motifs is 1. The monoisotopic (exact) mass is 299 g/mol. The number of rotatable bonds is 2. The first-order chi connectivity index (χ1) is 11.2. The molecule has 2 aromatic carbocycles. The van der Waals surface area contributed by atoms with Crippen LogP contribution in [0.5, 0.6) is 0 Å². The molecule has 0 unspecified atom stereocenters. The van der Waals surface area contributed by atoms with Crippen LogP contribution in [0, 0.1) is 13.8 Å². The molecule has 2 heterocycles. The molecule has 0 N–H and O–H groups in total. The van der Waals surface area contributed by atoms with E-state index in [1.165, 1.54) is 0 Å². The van der Waals surface area contributed by atoms with Gasteiger partial charge in [0.25, 0.3) is 0 Å². The maximum atomic E-state index is 4.90. The summed E-state index contributed by atoms with van der Waals surface area (Å²) >= 11 is 0. The van der Waals surface area contributed by atoms with Crippen molar-refractivity contribution in [2.24, 2.45) is 0 Å². The molecule has 0 aliphatic rings. The van der Waals surface area contributed by atoms with Gasteiger partial charge in [-0.05, 0) is 25.5 Å². The Balaban J connectivity index is 2.02. The van der Waals surface area contributed by atoms with Crippen molar-refractivity contribution in [3.05, 3.63) is 78.1 Å². The van der Waals surface area contributed by atoms with Crippen LogP contribution in [-0.2, 0) is 0 Å². The van der Waals surface area contributed by atoms with Crippen molar-refractivity contribution in [2.45, 2.75) is 13.8 Å². The highest BCUT2D eigenvalue weighted by molar-refractivity contribution is 5.81. The standard InChI is InChI=1S/C20H17N3/c1-14-13-18(16-9-5-3-6-10-16)21-20-19(15(2)22-23(14)20)17-11-7-4-8-12-17/h3-13H,1-2H3. The largest absolute Gasteiger partial charge is 0.228 e. The molecule has 0 fully saturated rings. The van der Waals surface area contributed by atoms with Crippen molar-refractivity contribution in [1.29, 1.82) is 0 Å². The van der Waals surface area contributed by atoms with Gasteiger partial charge in [-0.1, -0.05) is 60.7 Å². The molecule has 0 saturated carbocycles. The van der Waals surface area contributed by atoms with Gasteiger partial charge in [-0.25, -0.2) is 9.50 Å². The number of benzene rings is 2. The third-order valence-electron chi connectivity index (χ3n) is 4.07. The molecule has 112 valence electrons. The first kappa shape index (κ1) is 13.7. The fourth-order valence-corrected chi connectivity index (χ4v) is 2.97. The molecule has 0 aliphatic carbocycles. The summed E-state index contributed by atoms with van der Waals surface area (Å²) in [4.78, 5) is 4.90. The Morgan fingerprint density at radius 3 is 2.04 bits per heavy atom. The van der Waals surface area contributed by atoms with Gasteiger partial charge in [0.15, 0.2) is 5.65 Å². The fourth-order valence-electron chi connectivity index (χ4n) is 2.97. The summed E-state index contributed by atoms with van der Waals surface area (Å²) in [5.74, 6) is 0. The van der Waals surface area contributed by atoms with Crippen molar-refractivity contribution in [1.82, 2.24) is 14.6 Å². The lowest BCUT2D eigenvalue weighted by atomic mass is 10.1. The number of nitrogens with zero attached hydrogens (tertiary/aromatic N) is 3. The SMILES string of the molecule is Cc1nn2c(C)cc(-c3ccccc3)nc2c1-c1ccccc1. The Morgan fingerprint density at radius 2 is 1.39 bits per heavy atom. The zero-order chi connectivity index (χ0) is 15.8. The summed E-state index contributed by atoms with van der Waals surface area (Å²) in [6.07, 6.45) is 0. The van der Waals surface area contributed by atoms with E-state index in [-0.39, 0.29) is 0 Å². The summed E-state index contributed by atoms with van der Waals surface area (Å²) in [6, 6.07) is 22.7. The van der Waals surface area contributed by atoms with E-state index in [0.717, 1.165) is 39.4 Å². The number of aromatic nitrogens is 3. The zero-order valence-electron chi connectivity index (χ0n) is 13.2. The van der Waals surface area contributed by atoms with Crippen molar-refractivity contribution >= 4 is 5.65 Å². The van der Waals surface area contributed by atoms with Gasteiger partial charge in [-0.3, -0.25) is 0 Å². The van der Waals surface area contributed by atoms with Gasteiger partial charge >= 0.3 is 0 Å². The van der Waals surface area contributed by atoms with Crippen LogP contribution < -0.4 is 0 Å². The number of hydrogen-bond donors (Lipinski definition) is 0. The summed E-state index contributed by atoms with van der Waals surface area (Å²) in [5, 5.41) is 4.68. The second kappa shape index (κ2) is 5.36. The van der Waals surface area contributed by atoms with Crippen LogP contribution in [0.15, 0.2) is 66.7 Å². The molecule has 23 heavy (non-hydrogen) atoms. The van der Waals surface area contributed by atoms with Crippen LogP contribution in [0.25, 0.3) is 28.0 Å². The Labute approximate surface area is 135 Å². The molecule has 4 aromatic rings. The van der Waals surface area contributed by atoms with E-state index in [4.69, 9.17) is 4.98 Å². The Morgan fingerprint density at radius 1 is 0.783 bits per heavy atom. The van der Waals surface area contributed by atoms with Crippen LogP contribution in [0.4, 0.5) is 0 Å². The van der Waals surface area contributed by atoms with Crippen LogP contribution in [0.1, 0.15) is 11.4 Å². The minimum atomic E-state index is 0.910. The Hall–Kier alpha value is -2.94. The molecule has 2 aromatic heterocycles. The lowest BCUT2D eigenvalue weighted by molar-refractivity contribution is 0.879. The van der Waals surface area contributed by atoms with Gasteiger partial charge in [-0.15, -0.1) is 0 Å². The van der Waals surface area contributed by atoms with Crippen molar-refractivity contribution in [3.8, 4) is 22.4 Å². The maximum absolute atomic E-state index is 4.90. The second-order valence-electron chi connectivity index (χ2n) is 5.71. The minimum Gasteiger partial charge on any atom is -0.228 e. The molecular formula is C20H17N3. The van der Waals surface area contributed by atoms with Crippen LogP contribution >= 0.6 is 0 Å². The second-order valence-corrected chi connectivity index (χ2v) is 5.71. The lowest BCUT2D eigenvalue weighted by Gasteiger charge is -2.06. The predicted octanol–water partition coefficient (Wildman–Crippen LogP) is 4.68. The average Bonchev–Trinajstić information content (AvgIpc) is 2.93. The van der Waals surface area contributed by atoms with Gasteiger partial charge in [-0.2, -0.15) is 5.10 Å². The smallest absolute Gasteiger partial charge is 0.164 e. The molecule has 4 rings (SSSR count). The molecule has 0 spiro atoms. The van der Waals surface area contributed by atoms with E-state index in [9.17, 15) is 0 Å². The maximum Gasteiger partial charge on any atom is 0.164 e. The quantitative estimate of drug-likeness (QED) is 0.538. The van der Waals surface area contributed by atoms with Gasteiger partial charge in [0, 0.05) is 16.8 Å². The van der Waals surface area contributed by atoms with Crippen LogP contribution in [0.3, 0.4) is 0 Å². The topological polar surface area (TPSA) is 30.2 Å². The summed E-state index contributed by atoms with van der Waals surface area (Å²) in [7, 11) is 0. The highest BCUT2D eigenvalue weighted by Gasteiger charge is 2.15. The van der Waals surface area contributed by atoms with E-state index in [2.05, 4.69) is 42.4 Å². The van der Waals surface area contributed by atoms with Crippen molar-refractivity contribution < 1.29 is 0 Å².